The van der Waals surface area contributed by atoms with E-state index >= 15 is 0 Å². The fourth-order valence-corrected chi connectivity index (χ4v) is 3.74. The highest BCUT2D eigenvalue weighted by molar-refractivity contribution is 5.94. The third-order valence-electron chi connectivity index (χ3n) is 5.77. The molecule has 29 heavy (non-hydrogen) atoms. The van der Waals surface area contributed by atoms with E-state index in [-0.39, 0.29) is 23.8 Å². The van der Waals surface area contributed by atoms with Crippen molar-refractivity contribution in [3.8, 4) is 0 Å². The molecule has 1 aromatic carbocycles. The number of carbonyl (C=O) groups is 2. The van der Waals surface area contributed by atoms with Crippen LogP contribution in [0.15, 0.2) is 24.3 Å². The first kappa shape index (κ1) is 19.6. The zero-order chi connectivity index (χ0) is 20.4. The molecule has 4 rings (SSSR count). The Balaban J connectivity index is 1.37. The number of nitrogens with one attached hydrogen (secondary N) is 3. The molecule has 8 nitrogen and oxygen atoms in total. The fourth-order valence-electron chi connectivity index (χ4n) is 3.74. The van der Waals surface area contributed by atoms with Crippen LogP contribution in [-0.4, -0.2) is 39.9 Å². The third-order valence-corrected chi connectivity index (χ3v) is 5.77. The number of benzene rings is 1. The van der Waals surface area contributed by atoms with Gasteiger partial charge in [-0.25, -0.2) is 4.68 Å². The lowest BCUT2D eigenvalue weighted by Gasteiger charge is -2.23. The molecule has 8 heteroatoms. The topological polar surface area (TPSA) is 101 Å². The molecule has 0 bridgehead atoms. The van der Waals surface area contributed by atoms with E-state index in [0.29, 0.717) is 11.7 Å². The molecule has 1 aliphatic carbocycles. The van der Waals surface area contributed by atoms with Gasteiger partial charge in [-0.3, -0.25) is 9.59 Å². The van der Waals surface area contributed by atoms with Gasteiger partial charge in [0, 0.05) is 11.6 Å². The fraction of sp³-hybridized carbons (Fsp3) is 0.524. The summed E-state index contributed by atoms with van der Waals surface area (Å²) < 4.78 is 1.89. The lowest BCUT2D eigenvalue weighted by molar-refractivity contribution is -0.117. The van der Waals surface area contributed by atoms with Crippen LogP contribution in [0.3, 0.4) is 0 Å². The van der Waals surface area contributed by atoms with Crippen molar-refractivity contribution >= 4 is 17.5 Å². The monoisotopic (exact) mass is 396 g/mol. The largest absolute Gasteiger partial charge is 0.344 e. The van der Waals surface area contributed by atoms with Crippen LogP contribution in [0.4, 0.5) is 5.69 Å². The van der Waals surface area contributed by atoms with Gasteiger partial charge in [-0.15, -0.1) is 5.10 Å². The van der Waals surface area contributed by atoms with Crippen molar-refractivity contribution in [1.82, 2.24) is 25.6 Å². The Morgan fingerprint density at radius 3 is 2.48 bits per heavy atom. The highest BCUT2D eigenvalue weighted by atomic mass is 16.2. The Morgan fingerprint density at radius 2 is 1.83 bits per heavy atom. The number of hydrogen-bond acceptors (Lipinski definition) is 5. The molecule has 2 fully saturated rings. The molecule has 2 aromatic rings. The Morgan fingerprint density at radius 1 is 1.14 bits per heavy atom. The molecule has 0 spiro atoms. The summed E-state index contributed by atoms with van der Waals surface area (Å²) in [5.74, 6) is 0.0436. The van der Waals surface area contributed by atoms with E-state index in [1.165, 1.54) is 0 Å². The number of piperidine rings is 1. The zero-order valence-electron chi connectivity index (χ0n) is 16.9. The Kier molecular flexibility index (Phi) is 5.62. The maximum atomic E-state index is 12.7. The van der Waals surface area contributed by atoms with E-state index in [2.05, 4.69) is 26.3 Å². The second-order valence-electron chi connectivity index (χ2n) is 8.03. The van der Waals surface area contributed by atoms with Crippen molar-refractivity contribution in [1.29, 1.82) is 0 Å². The molecule has 2 amide bonds. The number of carbonyl (C=O) groups excluding carboxylic acids is 2. The minimum Gasteiger partial charge on any atom is -0.344 e. The van der Waals surface area contributed by atoms with Crippen molar-refractivity contribution < 1.29 is 9.59 Å². The average molecular weight is 396 g/mol. The number of anilines is 1. The van der Waals surface area contributed by atoms with Gasteiger partial charge in [-0.1, -0.05) is 17.3 Å². The van der Waals surface area contributed by atoms with E-state index in [4.69, 9.17) is 0 Å². The van der Waals surface area contributed by atoms with Crippen LogP contribution >= 0.6 is 0 Å². The first-order valence-electron chi connectivity index (χ1n) is 10.4. The molecular weight excluding hydrogens is 368 g/mol. The summed E-state index contributed by atoms with van der Waals surface area (Å²) in [5.41, 5.74) is 2.93. The minimum absolute atomic E-state index is 0.0893. The highest BCUT2D eigenvalue weighted by Gasteiger charge is 2.29. The van der Waals surface area contributed by atoms with Crippen LogP contribution in [0.1, 0.15) is 66.4 Å². The molecule has 2 heterocycles. The molecule has 3 N–H and O–H groups in total. The molecule has 1 aliphatic heterocycles. The summed E-state index contributed by atoms with van der Waals surface area (Å²) in [7, 11) is 0. The van der Waals surface area contributed by atoms with Crippen LogP contribution in [0.5, 0.6) is 0 Å². The predicted octanol–water partition coefficient (Wildman–Crippen LogP) is 2.35. The van der Waals surface area contributed by atoms with Crippen LogP contribution < -0.4 is 16.0 Å². The number of nitrogens with zero attached hydrogens (tertiary/aromatic N) is 3. The second-order valence-corrected chi connectivity index (χ2v) is 8.03. The van der Waals surface area contributed by atoms with Crippen molar-refractivity contribution in [3.05, 3.63) is 41.2 Å². The smallest absolute Gasteiger partial charge is 0.274 e. The van der Waals surface area contributed by atoms with Crippen LogP contribution in [-0.2, 0) is 4.79 Å². The standard InChI is InChI=1S/C21H28N6O2/c1-13(15-5-7-17(8-6-15)24-20(28)16-3-4-16)23-21(29)19-14(2)27(26-25-19)18-9-11-22-12-10-18/h5-8,13,16,18,22H,3-4,9-12H2,1-2H3,(H,23,29)(H,24,28). The van der Waals surface area contributed by atoms with Crippen molar-refractivity contribution in [3.63, 3.8) is 0 Å². The molecule has 154 valence electrons. The first-order valence-corrected chi connectivity index (χ1v) is 10.4. The molecule has 1 aromatic heterocycles. The van der Waals surface area contributed by atoms with Crippen molar-refractivity contribution in [2.45, 2.75) is 51.6 Å². The van der Waals surface area contributed by atoms with Crippen LogP contribution in [0.25, 0.3) is 0 Å². The summed E-state index contributed by atoms with van der Waals surface area (Å²) in [6, 6.07) is 7.70. The maximum Gasteiger partial charge on any atom is 0.274 e. The molecule has 0 radical (unpaired) electrons. The summed E-state index contributed by atoms with van der Waals surface area (Å²) in [5, 5.41) is 17.6. The van der Waals surface area contributed by atoms with Crippen molar-refractivity contribution in [2.24, 2.45) is 5.92 Å². The van der Waals surface area contributed by atoms with Gasteiger partial charge in [0.25, 0.3) is 5.91 Å². The maximum absolute atomic E-state index is 12.7. The Hall–Kier alpha value is -2.74. The van der Waals surface area contributed by atoms with Crippen LogP contribution in [0.2, 0.25) is 0 Å². The van der Waals surface area contributed by atoms with Gasteiger partial charge in [0.2, 0.25) is 5.91 Å². The molecule has 1 saturated carbocycles. The molecule has 1 unspecified atom stereocenters. The average Bonchev–Trinajstić information content (AvgIpc) is 3.51. The number of hydrogen-bond donors (Lipinski definition) is 3. The highest BCUT2D eigenvalue weighted by Crippen LogP contribution is 2.30. The first-order chi connectivity index (χ1) is 14.0. The Labute approximate surface area is 170 Å². The van der Waals surface area contributed by atoms with E-state index in [1.807, 2.05) is 42.8 Å². The number of rotatable bonds is 6. The second kappa shape index (κ2) is 8.32. The third kappa shape index (κ3) is 4.48. The zero-order valence-corrected chi connectivity index (χ0v) is 16.9. The lowest BCUT2D eigenvalue weighted by atomic mass is 10.1. The number of aromatic nitrogens is 3. The van der Waals surface area contributed by atoms with Gasteiger partial charge in [0.1, 0.15) is 0 Å². The minimum atomic E-state index is -0.221. The van der Waals surface area contributed by atoms with Gasteiger partial charge >= 0.3 is 0 Å². The normalized spacial score (nSPS) is 18.3. The summed E-state index contributed by atoms with van der Waals surface area (Å²) >= 11 is 0. The summed E-state index contributed by atoms with van der Waals surface area (Å²) in [4.78, 5) is 24.6. The Bertz CT molecular complexity index is 881. The van der Waals surface area contributed by atoms with Gasteiger partial charge in [0.15, 0.2) is 5.69 Å². The molecular formula is C21H28N6O2. The quantitative estimate of drug-likeness (QED) is 0.696. The predicted molar refractivity (Wildman–Crippen MR) is 110 cm³/mol. The summed E-state index contributed by atoms with van der Waals surface area (Å²) in [6.45, 7) is 5.75. The van der Waals surface area contributed by atoms with Gasteiger partial charge < -0.3 is 16.0 Å². The molecule has 1 saturated heterocycles. The molecule has 1 atom stereocenters. The lowest BCUT2D eigenvalue weighted by Crippen LogP contribution is -2.31. The van der Waals surface area contributed by atoms with Crippen LogP contribution in [0, 0.1) is 12.8 Å². The van der Waals surface area contributed by atoms with E-state index < -0.39 is 0 Å². The number of amides is 2. The van der Waals surface area contributed by atoms with E-state index in [0.717, 1.165) is 55.7 Å². The van der Waals surface area contributed by atoms with Crippen molar-refractivity contribution in [2.75, 3.05) is 18.4 Å². The summed E-state index contributed by atoms with van der Waals surface area (Å²) in [6.07, 6.45) is 3.94. The SMILES string of the molecule is Cc1c(C(=O)NC(C)c2ccc(NC(=O)C3CC3)cc2)nnn1C1CCNCC1. The molecule has 2 aliphatic rings. The van der Waals surface area contributed by atoms with E-state index in [1.54, 1.807) is 0 Å². The van der Waals surface area contributed by atoms with Gasteiger partial charge in [0.05, 0.1) is 17.8 Å². The van der Waals surface area contributed by atoms with Gasteiger partial charge in [-0.05, 0) is 70.3 Å². The van der Waals surface area contributed by atoms with Gasteiger partial charge in [-0.2, -0.15) is 0 Å². The van der Waals surface area contributed by atoms with E-state index in [9.17, 15) is 9.59 Å².